The van der Waals surface area contributed by atoms with Gasteiger partial charge in [0.15, 0.2) is 0 Å². The largest absolute Gasteiger partial charge is 0.361 e. The summed E-state index contributed by atoms with van der Waals surface area (Å²) < 4.78 is 5.08. The Kier molecular flexibility index (Phi) is 3.56. The molecule has 6 nitrogen and oxygen atoms in total. The standard InChI is InChI=1S/C14H18N4O2/c1-11-9-12(16-20-11)10-17-5-7-18(8-6-17)13-3-2-4-14(19)15-13/h2-4,9H,5-8,10H2,1H3,(H,15,19). The maximum Gasteiger partial charge on any atom is 0.249 e. The van der Waals surface area contributed by atoms with Crippen LogP contribution in [-0.4, -0.2) is 41.2 Å². The van der Waals surface area contributed by atoms with Gasteiger partial charge in [0.2, 0.25) is 5.56 Å². The SMILES string of the molecule is Cc1cc(CN2CCN(c3cccc(=O)[nH]3)CC2)no1. The second-order valence-electron chi connectivity index (χ2n) is 5.09. The number of pyridine rings is 1. The smallest absolute Gasteiger partial charge is 0.249 e. The molecule has 1 fully saturated rings. The van der Waals surface area contributed by atoms with Crippen LogP contribution in [0.15, 0.2) is 33.6 Å². The number of hydrogen-bond donors (Lipinski definition) is 1. The monoisotopic (exact) mass is 274 g/mol. The highest BCUT2D eigenvalue weighted by Gasteiger charge is 2.18. The van der Waals surface area contributed by atoms with Crippen LogP contribution < -0.4 is 10.5 Å². The molecular weight excluding hydrogens is 256 g/mol. The van der Waals surface area contributed by atoms with E-state index < -0.39 is 0 Å². The number of aromatic amines is 1. The number of nitrogens with zero attached hydrogens (tertiary/aromatic N) is 3. The number of nitrogens with one attached hydrogen (secondary N) is 1. The number of H-pyrrole nitrogens is 1. The Bertz CT molecular complexity index is 626. The van der Waals surface area contributed by atoms with Gasteiger partial charge in [-0.1, -0.05) is 11.2 Å². The van der Waals surface area contributed by atoms with Crippen molar-refractivity contribution < 1.29 is 4.52 Å². The zero-order valence-electron chi connectivity index (χ0n) is 11.5. The van der Waals surface area contributed by atoms with E-state index in [1.165, 1.54) is 6.07 Å². The van der Waals surface area contributed by atoms with Crippen LogP contribution in [0.1, 0.15) is 11.5 Å². The van der Waals surface area contributed by atoms with Gasteiger partial charge in [-0.15, -0.1) is 0 Å². The first kappa shape index (κ1) is 12.9. The lowest BCUT2D eigenvalue weighted by atomic mass is 10.2. The second-order valence-corrected chi connectivity index (χ2v) is 5.09. The quantitative estimate of drug-likeness (QED) is 0.904. The molecule has 1 saturated heterocycles. The van der Waals surface area contributed by atoms with Crippen LogP contribution in [0, 0.1) is 6.92 Å². The molecule has 0 unspecified atom stereocenters. The summed E-state index contributed by atoms with van der Waals surface area (Å²) in [6.45, 7) is 6.41. The highest BCUT2D eigenvalue weighted by Crippen LogP contribution is 2.13. The number of piperazine rings is 1. The molecular formula is C14H18N4O2. The van der Waals surface area contributed by atoms with E-state index >= 15 is 0 Å². The molecule has 106 valence electrons. The zero-order valence-corrected chi connectivity index (χ0v) is 11.5. The number of aryl methyl sites for hydroxylation is 1. The lowest BCUT2D eigenvalue weighted by molar-refractivity contribution is 0.241. The summed E-state index contributed by atoms with van der Waals surface area (Å²) in [5.41, 5.74) is 0.923. The average Bonchev–Trinajstić information content (AvgIpc) is 2.85. The average molecular weight is 274 g/mol. The minimum absolute atomic E-state index is 0.0528. The predicted molar refractivity (Wildman–Crippen MR) is 75.8 cm³/mol. The first-order valence-corrected chi connectivity index (χ1v) is 6.79. The van der Waals surface area contributed by atoms with Crippen LogP contribution in [0.3, 0.4) is 0 Å². The van der Waals surface area contributed by atoms with E-state index in [9.17, 15) is 4.79 Å². The highest BCUT2D eigenvalue weighted by atomic mass is 16.5. The Morgan fingerprint density at radius 2 is 2.10 bits per heavy atom. The second kappa shape index (κ2) is 5.50. The fourth-order valence-corrected chi connectivity index (χ4v) is 2.49. The Labute approximate surface area is 117 Å². The summed E-state index contributed by atoms with van der Waals surface area (Å²) in [5, 5.41) is 4.02. The van der Waals surface area contributed by atoms with Gasteiger partial charge in [0.1, 0.15) is 11.6 Å². The van der Waals surface area contributed by atoms with E-state index in [4.69, 9.17) is 4.52 Å². The fraction of sp³-hybridized carbons (Fsp3) is 0.429. The molecule has 2 aromatic rings. The van der Waals surface area contributed by atoms with Crippen molar-refractivity contribution in [2.45, 2.75) is 13.5 Å². The summed E-state index contributed by atoms with van der Waals surface area (Å²) in [7, 11) is 0. The van der Waals surface area contributed by atoms with E-state index in [1.54, 1.807) is 6.07 Å². The Hall–Kier alpha value is -2.08. The molecule has 1 aliphatic heterocycles. The Morgan fingerprint density at radius 3 is 2.75 bits per heavy atom. The first-order chi connectivity index (χ1) is 9.70. The van der Waals surface area contributed by atoms with Crippen LogP contribution in [-0.2, 0) is 6.54 Å². The van der Waals surface area contributed by atoms with Crippen LogP contribution in [0.4, 0.5) is 5.82 Å². The number of aromatic nitrogens is 2. The van der Waals surface area contributed by atoms with Gasteiger partial charge >= 0.3 is 0 Å². The molecule has 0 aliphatic carbocycles. The van der Waals surface area contributed by atoms with Gasteiger partial charge in [-0.25, -0.2) is 0 Å². The summed E-state index contributed by atoms with van der Waals surface area (Å²) in [4.78, 5) is 18.7. The van der Waals surface area contributed by atoms with Crippen molar-refractivity contribution in [3.63, 3.8) is 0 Å². The van der Waals surface area contributed by atoms with E-state index in [0.29, 0.717) is 0 Å². The van der Waals surface area contributed by atoms with Crippen molar-refractivity contribution >= 4 is 5.82 Å². The molecule has 0 bridgehead atoms. The molecule has 2 aromatic heterocycles. The van der Waals surface area contributed by atoms with Crippen molar-refractivity contribution in [2.24, 2.45) is 0 Å². The van der Waals surface area contributed by atoms with Crippen molar-refractivity contribution in [1.29, 1.82) is 0 Å². The van der Waals surface area contributed by atoms with Crippen molar-refractivity contribution in [3.8, 4) is 0 Å². The lowest BCUT2D eigenvalue weighted by Crippen LogP contribution is -2.46. The fourth-order valence-electron chi connectivity index (χ4n) is 2.49. The molecule has 0 spiro atoms. The van der Waals surface area contributed by atoms with Crippen LogP contribution in [0.5, 0.6) is 0 Å². The highest BCUT2D eigenvalue weighted by molar-refractivity contribution is 5.38. The summed E-state index contributed by atoms with van der Waals surface area (Å²) in [6, 6.07) is 7.24. The van der Waals surface area contributed by atoms with Crippen molar-refractivity contribution in [2.75, 3.05) is 31.1 Å². The van der Waals surface area contributed by atoms with Crippen LogP contribution in [0.25, 0.3) is 0 Å². The summed E-state index contributed by atoms with van der Waals surface area (Å²) >= 11 is 0. The predicted octanol–water partition coefficient (Wildman–Crippen LogP) is 0.994. The van der Waals surface area contributed by atoms with E-state index in [1.807, 2.05) is 19.1 Å². The van der Waals surface area contributed by atoms with Crippen LogP contribution in [0.2, 0.25) is 0 Å². The zero-order chi connectivity index (χ0) is 13.9. The van der Waals surface area contributed by atoms with Gasteiger partial charge in [0, 0.05) is 44.9 Å². The molecule has 0 aromatic carbocycles. The Balaban J connectivity index is 1.58. The van der Waals surface area contributed by atoms with Gasteiger partial charge in [0.25, 0.3) is 0 Å². The third-order valence-corrected chi connectivity index (χ3v) is 3.53. The Morgan fingerprint density at radius 1 is 1.30 bits per heavy atom. The summed E-state index contributed by atoms with van der Waals surface area (Å²) in [5.74, 6) is 1.75. The summed E-state index contributed by atoms with van der Waals surface area (Å²) in [6.07, 6.45) is 0. The molecule has 20 heavy (non-hydrogen) atoms. The molecule has 3 rings (SSSR count). The normalized spacial score (nSPS) is 16.6. The van der Waals surface area contributed by atoms with E-state index in [-0.39, 0.29) is 5.56 Å². The van der Waals surface area contributed by atoms with Gasteiger partial charge < -0.3 is 14.4 Å². The van der Waals surface area contributed by atoms with Gasteiger partial charge in [-0.3, -0.25) is 9.69 Å². The van der Waals surface area contributed by atoms with Gasteiger partial charge in [-0.2, -0.15) is 0 Å². The van der Waals surface area contributed by atoms with Crippen LogP contribution >= 0.6 is 0 Å². The van der Waals surface area contributed by atoms with Crippen molar-refractivity contribution in [1.82, 2.24) is 15.0 Å². The van der Waals surface area contributed by atoms with Gasteiger partial charge in [-0.05, 0) is 13.0 Å². The van der Waals surface area contributed by atoms with E-state index in [2.05, 4.69) is 19.9 Å². The number of hydrogen-bond acceptors (Lipinski definition) is 5. The molecule has 6 heteroatoms. The molecule has 0 saturated carbocycles. The molecule has 1 aliphatic rings. The molecule has 0 radical (unpaired) electrons. The number of rotatable bonds is 3. The lowest BCUT2D eigenvalue weighted by Gasteiger charge is -2.35. The number of anilines is 1. The third kappa shape index (κ3) is 2.91. The van der Waals surface area contributed by atoms with E-state index in [0.717, 1.165) is 50.0 Å². The van der Waals surface area contributed by atoms with Gasteiger partial charge in [0.05, 0.1) is 5.69 Å². The minimum atomic E-state index is -0.0528. The van der Waals surface area contributed by atoms with Crippen molar-refractivity contribution in [3.05, 3.63) is 46.1 Å². The molecule has 3 heterocycles. The topological polar surface area (TPSA) is 65.4 Å². The molecule has 0 amide bonds. The maximum atomic E-state index is 11.3. The molecule has 0 atom stereocenters. The maximum absolute atomic E-state index is 11.3. The molecule has 1 N–H and O–H groups in total. The third-order valence-electron chi connectivity index (χ3n) is 3.53. The first-order valence-electron chi connectivity index (χ1n) is 6.79. The minimum Gasteiger partial charge on any atom is -0.361 e.